The van der Waals surface area contributed by atoms with Crippen molar-refractivity contribution in [2.24, 2.45) is 5.10 Å². The number of anilines is 1. The number of hydrazone groups is 1. The Morgan fingerprint density at radius 2 is 2.23 bits per heavy atom. The number of aryl methyl sites for hydroxylation is 1. The topological polar surface area (TPSA) is 98.9 Å². The van der Waals surface area contributed by atoms with E-state index < -0.39 is 4.92 Å². The number of nitro groups is 1. The molecule has 0 fully saturated rings. The maximum Gasteiger partial charge on any atom is 0.315 e. The van der Waals surface area contributed by atoms with Crippen LogP contribution in [-0.4, -0.2) is 29.8 Å². The lowest BCUT2D eigenvalue weighted by molar-refractivity contribution is -0.386. The highest BCUT2D eigenvalue weighted by Gasteiger charge is 2.22. The van der Waals surface area contributed by atoms with E-state index in [9.17, 15) is 10.1 Å². The molecule has 10 heteroatoms. The molecule has 30 heavy (non-hydrogen) atoms. The van der Waals surface area contributed by atoms with Crippen LogP contribution in [0.1, 0.15) is 30.2 Å². The lowest BCUT2D eigenvalue weighted by Gasteiger charge is -2.11. The molecule has 0 radical (unpaired) electrons. The Bertz CT molecular complexity index is 1030. The molecular weight excluding hydrogens is 424 g/mol. The number of hydrogen-bond acceptors (Lipinski definition) is 9. The van der Waals surface area contributed by atoms with Crippen LogP contribution < -0.4 is 14.9 Å². The summed E-state index contributed by atoms with van der Waals surface area (Å²) in [5, 5.41) is 18.4. The fourth-order valence-electron chi connectivity index (χ4n) is 2.68. The van der Waals surface area contributed by atoms with Crippen LogP contribution in [0.15, 0.2) is 34.7 Å². The molecule has 2 aromatic heterocycles. The van der Waals surface area contributed by atoms with Crippen molar-refractivity contribution in [1.29, 1.82) is 0 Å². The van der Waals surface area contributed by atoms with E-state index in [4.69, 9.17) is 9.47 Å². The molecule has 0 atom stereocenters. The van der Waals surface area contributed by atoms with Crippen molar-refractivity contribution in [2.45, 2.75) is 26.7 Å². The summed E-state index contributed by atoms with van der Waals surface area (Å²) in [7, 11) is 1.45. The van der Waals surface area contributed by atoms with Gasteiger partial charge >= 0.3 is 5.69 Å². The minimum Gasteiger partial charge on any atom is -0.493 e. The number of rotatable bonds is 10. The average Bonchev–Trinajstić information content (AvgIpc) is 3.38. The van der Waals surface area contributed by atoms with Crippen LogP contribution in [0.2, 0.25) is 0 Å². The Kier molecular flexibility index (Phi) is 7.36. The number of aromatic nitrogens is 1. The number of hydrogen-bond donors (Lipinski definition) is 1. The van der Waals surface area contributed by atoms with Crippen LogP contribution >= 0.6 is 22.7 Å². The monoisotopic (exact) mass is 446 g/mol. The van der Waals surface area contributed by atoms with E-state index in [0.29, 0.717) is 23.1 Å². The number of nitro benzene ring substituents is 1. The van der Waals surface area contributed by atoms with Gasteiger partial charge < -0.3 is 9.47 Å². The number of nitrogens with one attached hydrogen (secondary N) is 1. The van der Waals surface area contributed by atoms with E-state index >= 15 is 0 Å². The zero-order valence-corrected chi connectivity index (χ0v) is 18.5. The predicted octanol–water partition coefficient (Wildman–Crippen LogP) is 5.72. The number of thiophene rings is 1. The van der Waals surface area contributed by atoms with Crippen molar-refractivity contribution in [3.05, 3.63) is 50.2 Å². The number of nitrogens with zero attached hydrogens (tertiary/aromatic N) is 3. The standard InChI is InChI=1S/C20H22N4O4S2/c1-4-5-8-28-19-15(24(25)26)10-14(11-16(19)27-3)12-21-23-20-22-18(13(2)30-20)17-7-6-9-29-17/h6-7,9-12H,4-5,8H2,1-3H3,(H,22,23)/b21-12-. The molecule has 0 saturated heterocycles. The Morgan fingerprint density at radius 3 is 2.90 bits per heavy atom. The highest BCUT2D eigenvalue weighted by atomic mass is 32.1. The summed E-state index contributed by atoms with van der Waals surface area (Å²) in [4.78, 5) is 17.8. The smallest absolute Gasteiger partial charge is 0.315 e. The fourth-order valence-corrected chi connectivity index (χ4v) is 4.30. The van der Waals surface area contributed by atoms with Gasteiger partial charge in [0.15, 0.2) is 5.75 Å². The van der Waals surface area contributed by atoms with Crippen molar-refractivity contribution >= 4 is 39.7 Å². The summed E-state index contributed by atoms with van der Waals surface area (Å²) in [6, 6.07) is 7.08. The second-order valence-corrected chi connectivity index (χ2v) is 8.45. The van der Waals surface area contributed by atoms with Gasteiger partial charge in [-0.25, -0.2) is 4.98 Å². The van der Waals surface area contributed by atoms with Gasteiger partial charge in [0.05, 0.1) is 35.4 Å². The second kappa shape index (κ2) is 10.2. The summed E-state index contributed by atoms with van der Waals surface area (Å²) in [6.45, 7) is 4.42. The second-order valence-electron chi connectivity index (χ2n) is 6.30. The zero-order valence-electron chi connectivity index (χ0n) is 16.9. The average molecular weight is 447 g/mol. The number of ether oxygens (including phenoxy) is 2. The van der Waals surface area contributed by atoms with Crippen molar-refractivity contribution in [1.82, 2.24) is 4.98 Å². The lowest BCUT2D eigenvalue weighted by atomic mass is 10.2. The van der Waals surface area contributed by atoms with E-state index in [2.05, 4.69) is 15.5 Å². The number of benzene rings is 1. The Hall–Kier alpha value is -2.98. The SMILES string of the molecule is CCCCOc1c(OC)cc(/C=N\Nc2nc(-c3cccs3)c(C)s2)cc1[N+](=O)[O-]. The van der Waals surface area contributed by atoms with E-state index in [1.807, 2.05) is 31.4 Å². The van der Waals surface area contributed by atoms with Gasteiger partial charge in [-0.15, -0.1) is 22.7 Å². The van der Waals surface area contributed by atoms with Crippen LogP contribution in [0.25, 0.3) is 10.6 Å². The summed E-state index contributed by atoms with van der Waals surface area (Å²) in [6.07, 6.45) is 3.22. The van der Waals surface area contributed by atoms with Crippen LogP contribution in [0.3, 0.4) is 0 Å². The van der Waals surface area contributed by atoms with Crippen molar-refractivity contribution in [3.8, 4) is 22.1 Å². The van der Waals surface area contributed by atoms with Gasteiger partial charge in [-0.05, 0) is 30.9 Å². The van der Waals surface area contributed by atoms with Gasteiger partial charge in [0.25, 0.3) is 0 Å². The molecule has 0 aliphatic carbocycles. The lowest BCUT2D eigenvalue weighted by Crippen LogP contribution is -2.03. The number of thiazole rings is 1. The van der Waals surface area contributed by atoms with Crippen LogP contribution in [-0.2, 0) is 0 Å². The molecule has 0 saturated carbocycles. The van der Waals surface area contributed by atoms with Gasteiger partial charge in [-0.1, -0.05) is 19.4 Å². The molecule has 0 bridgehead atoms. The summed E-state index contributed by atoms with van der Waals surface area (Å²) in [5.74, 6) is 0.434. The number of unbranched alkanes of at least 4 members (excludes halogenated alkanes) is 1. The first-order valence-corrected chi connectivity index (χ1v) is 11.0. The molecule has 0 amide bonds. The molecule has 0 unspecified atom stereocenters. The minimum absolute atomic E-state index is 0.136. The molecule has 158 valence electrons. The van der Waals surface area contributed by atoms with E-state index in [-0.39, 0.29) is 11.4 Å². The molecule has 8 nitrogen and oxygen atoms in total. The fraction of sp³-hybridized carbons (Fsp3) is 0.300. The first kappa shape index (κ1) is 21.7. The molecule has 2 heterocycles. The minimum atomic E-state index is -0.480. The quantitative estimate of drug-likeness (QED) is 0.185. The van der Waals surface area contributed by atoms with Gasteiger partial charge in [-0.2, -0.15) is 5.10 Å². The zero-order chi connectivity index (χ0) is 21.5. The van der Waals surface area contributed by atoms with E-state index in [0.717, 1.165) is 28.3 Å². The summed E-state index contributed by atoms with van der Waals surface area (Å²) in [5.41, 5.74) is 4.19. The third-order valence-electron chi connectivity index (χ3n) is 4.14. The maximum absolute atomic E-state index is 11.5. The first-order chi connectivity index (χ1) is 14.5. The van der Waals surface area contributed by atoms with Crippen molar-refractivity contribution in [2.75, 3.05) is 19.1 Å². The molecular formula is C20H22N4O4S2. The summed E-state index contributed by atoms with van der Waals surface area (Å²) >= 11 is 3.12. The highest BCUT2D eigenvalue weighted by molar-refractivity contribution is 7.17. The van der Waals surface area contributed by atoms with Gasteiger partial charge in [0, 0.05) is 16.5 Å². The molecule has 1 N–H and O–H groups in total. The van der Waals surface area contributed by atoms with E-state index in [1.165, 1.54) is 30.7 Å². The molecule has 0 spiro atoms. The molecule has 3 aromatic rings. The Labute approximate surface area is 182 Å². The molecule has 0 aliphatic heterocycles. The van der Waals surface area contributed by atoms with Crippen LogP contribution in [0.5, 0.6) is 11.5 Å². The molecule has 0 aliphatic rings. The third kappa shape index (κ3) is 5.14. The Morgan fingerprint density at radius 1 is 1.40 bits per heavy atom. The van der Waals surface area contributed by atoms with Crippen LogP contribution in [0.4, 0.5) is 10.8 Å². The van der Waals surface area contributed by atoms with Crippen molar-refractivity contribution < 1.29 is 14.4 Å². The summed E-state index contributed by atoms with van der Waals surface area (Å²) < 4.78 is 10.9. The van der Waals surface area contributed by atoms with Crippen LogP contribution in [0, 0.1) is 17.0 Å². The largest absolute Gasteiger partial charge is 0.493 e. The number of methoxy groups -OCH3 is 1. The third-order valence-corrected chi connectivity index (χ3v) is 5.90. The normalized spacial score (nSPS) is 11.0. The van der Waals surface area contributed by atoms with Gasteiger partial charge in [0.2, 0.25) is 10.9 Å². The first-order valence-electron chi connectivity index (χ1n) is 9.33. The van der Waals surface area contributed by atoms with E-state index in [1.54, 1.807) is 17.4 Å². The molecule has 1 aromatic carbocycles. The maximum atomic E-state index is 11.5. The van der Waals surface area contributed by atoms with Crippen molar-refractivity contribution in [3.63, 3.8) is 0 Å². The van der Waals surface area contributed by atoms with Gasteiger partial charge in [0.1, 0.15) is 0 Å². The highest BCUT2D eigenvalue weighted by Crippen LogP contribution is 2.38. The molecule has 3 rings (SSSR count). The predicted molar refractivity (Wildman–Crippen MR) is 121 cm³/mol. The van der Waals surface area contributed by atoms with Gasteiger partial charge in [-0.3, -0.25) is 15.5 Å². The Balaban J connectivity index is 1.79.